The molecule has 4 aliphatic rings. The molecule has 0 aromatic carbocycles. The minimum atomic E-state index is -0.414. The van der Waals surface area contributed by atoms with Crippen molar-refractivity contribution in [3.8, 4) is 0 Å². The van der Waals surface area contributed by atoms with Crippen molar-refractivity contribution in [3.05, 3.63) is 18.5 Å². The fraction of sp³-hybridized carbons (Fsp3) is 0.778. The monoisotopic (exact) mass is 450 g/mol. The van der Waals surface area contributed by atoms with Gasteiger partial charge in [0.2, 0.25) is 0 Å². The zero-order valence-corrected chi connectivity index (χ0v) is 20.1. The van der Waals surface area contributed by atoms with Gasteiger partial charge < -0.3 is 5.11 Å². The van der Waals surface area contributed by atoms with E-state index in [-0.39, 0.29) is 11.3 Å². The van der Waals surface area contributed by atoms with Gasteiger partial charge in [-0.3, -0.25) is 9.78 Å². The summed E-state index contributed by atoms with van der Waals surface area (Å²) in [5, 5.41) is 19.4. The SMILES string of the molecule is CC[C@@]1(O)CC[C@H]2[C@H](CC[C@@H]3[C@@H]2CC[C@]2(C)[C@@H](C(=O)Cn4nnc5ccncc54)CC[C@@H]32)C1. The summed E-state index contributed by atoms with van der Waals surface area (Å²) in [5.41, 5.74) is 1.35. The lowest BCUT2D eigenvalue weighted by atomic mass is 9.48. The molecule has 2 aromatic rings. The van der Waals surface area contributed by atoms with Crippen LogP contribution in [0.3, 0.4) is 0 Å². The number of ketones is 1. The molecular weight excluding hydrogens is 412 g/mol. The molecular formula is C27H38N4O2. The van der Waals surface area contributed by atoms with Crippen molar-refractivity contribution >= 4 is 16.8 Å². The number of carbonyl (C=O) groups is 1. The standard InChI is InChI=1S/C27H38N4O2/c1-3-27(33)12-9-18-17(14-27)4-5-20-19(18)8-11-26(2)21(20)6-7-22(26)25(32)16-31-24-15-28-13-10-23(24)29-30-31/h10,13,15,17-22,33H,3-9,11-12,14,16H2,1-2H3/t17-,18+,19-,20-,21+,22-,26+,27-/m1/s1. The first-order valence-electron chi connectivity index (χ1n) is 13.3. The minimum Gasteiger partial charge on any atom is -0.390 e. The summed E-state index contributed by atoms with van der Waals surface area (Å²) in [6.45, 7) is 4.88. The second-order valence-corrected chi connectivity index (χ2v) is 12.0. The van der Waals surface area contributed by atoms with Gasteiger partial charge in [-0.25, -0.2) is 4.68 Å². The third-order valence-electron chi connectivity index (χ3n) is 10.8. The van der Waals surface area contributed by atoms with E-state index in [1.165, 1.54) is 38.5 Å². The van der Waals surface area contributed by atoms with E-state index in [1.54, 1.807) is 17.1 Å². The Morgan fingerprint density at radius 1 is 1.12 bits per heavy atom. The van der Waals surface area contributed by atoms with Gasteiger partial charge in [-0.2, -0.15) is 0 Å². The van der Waals surface area contributed by atoms with Gasteiger partial charge in [-0.05, 0) is 105 Å². The lowest BCUT2D eigenvalue weighted by Gasteiger charge is -2.57. The average Bonchev–Trinajstić information content (AvgIpc) is 3.39. The zero-order valence-electron chi connectivity index (χ0n) is 20.1. The Kier molecular flexibility index (Phi) is 5.17. The van der Waals surface area contributed by atoms with Crippen molar-refractivity contribution in [2.45, 2.75) is 90.2 Å². The predicted octanol–water partition coefficient (Wildman–Crippen LogP) is 4.81. The van der Waals surface area contributed by atoms with Crippen LogP contribution >= 0.6 is 0 Å². The van der Waals surface area contributed by atoms with Crippen molar-refractivity contribution < 1.29 is 9.90 Å². The van der Waals surface area contributed by atoms with Gasteiger partial charge in [0.1, 0.15) is 17.6 Å². The molecule has 6 rings (SSSR count). The maximum Gasteiger partial charge on any atom is 0.157 e. The highest BCUT2D eigenvalue weighted by Crippen LogP contribution is 2.64. The van der Waals surface area contributed by atoms with E-state index in [4.69, 9.17) is 0 Å². The summed E-state index contributed by atoms with van der Waals surface area (Å²) in [6.07, 6.45) is 14.8. The van der Waals surface area contributed by atoms with Crippen LogP contribution in [0.15, 0.2) is 18.5 Å². The largest absolute Gasteiger partial charge is 0.390 e. The van der Waals surface area contributed by atoms with Gasteiger partial charge >= 0.3 is 0 Å². The highest BCUT2D eigenvalue weighted by atomic mass is 16.3. The molecule has 33 heavy (non-hydrogen) atoms. The molecule has 4 aliphatic carbocycles. The summed E-state index contributed by atoms with van der Waals surface area (Å²) in [4.78, 5) is 17.8. The molecule has 0 saturated heterocycles. The molecule has 1 N–H and O–H groups in total. The highest BCUT2D eigenvalue weighted by Gasteiger charge is 2.58. The number of aromatic nitrogens is 4. The van der Waals surface area contributed by atoms with Crippen molar-refractivity contribution in [1.82, 2.24) is 20.0 Å². The van der Waals surface area contributed by atoms with Gasteiger partial charge in [0, 0.05) is 12.1 Å². The van der Waals surface area contributed by atoms with Gasteiger partial charge in [0.25, 0.3) is 0 Å². The molecule has 2 aromatic heterocycles. The summed E-state index contributed by atoms with van der Waals surface area (Å²) < 4.78 is 1.75. The number of rotatable bonds is 4. The fourth-order valence-corrected chi connectivity index (χ4v) is 9.00. The molecule has 0 radical (unpaired) electrons. The van der Waals surface area contributed by atoms with Crippen LogP contribution in [-0.2, 0) is 11.3 Å². The van der Waals surface area contributed by atoms with E-state index in [0.717, 1.165) is 54.5 Å². The number of pyridine rings is 1. The van der Waals surface area contributed by atoms with Gasteiger partial charge in [0.05, 0.1) is 11.8 Å². The Morgan fingerprint density at radius 3 is 2.82 bits per heavy atom. The van der Waals surface area contributed by atoms with Crippen molar-refractivity contribution in [2.75, 3.05) is 0 Å². The smallest absolute Gasteiger partial charge is 0.157 e. The lowest BCUT2D eigenvalue weighted by molar-refractivity contribution is -0.133. The zero-order chi connectivity index (χ0) is 22.8. The van der Waals surface area contributed by atoms with Crippen LogP contribution in [0.4, 0.5) is 0 Å². The van der Waals surface area contributed by atoms with Crippen molar-refractivity contribution in [3.63, 3.8) is 0 Å². The number of aliphatic hydroxyl groups is 1. The highest BCUT2D eigenvalue weighted by molar-refractivity contribution is 5.84. The van der Waals surface area contributed by atoms with E-state index >= 15 is 0 Å². The Labute approximate surface area is 196 Å². The van der Waals surface area contributed by atoms with E-state index in [2.05, 4.69) is 29.1 Å². The maximum atomic E-state index is 13.6. The fourth-order valence-electron chi connectivity index (χ4n) is 9.00. The second-order valence-electron chi connectivity index (χ2n) is 12.0. The lowest BCUT2D eigenvalue weighted by Crippen LogP contribution is -2.51. The second kappa shape index (κ2) is 7.86. The summed E-state index contributed by atoms with van der Waals surface area (Å²) in [6, 6.07) is 1.85. The molecule has 0 unspecified atom stereocenters. The van der Waals surface area contributed by atoms with E-state index in [9.17, 15) is 9.90 Å². The molecule has 178 valence electrons. The Hall–Kier alpha value is -1.82. The third kappa shape index (κ3) is 3.38. The first-order valence-corrected chi connectivity index (χ1v) is 13.3. The third-order valence-corrected chi connectivity index (χ3v) is 10.8. The van der Waals surface area contributed by atoms with Crippen LogP contribution in [0.2, 0.25) is 0 Å². The van der Waals surface area contributed by atoms with Crippen molar-refractivity contribution in [2.24, 2.45) is 40.9 Å². The normalized spacial score (nSPS) is 42.5. The predicted molar refractivity (Wildman–Crippen MR) is 126 cm³/mol. The number of fused-ring (bicyclic) bond motifs is 6. The van der Waals surface area contributed by atoms with E-state index < -0.39 is 5.60 Å². The van der Waals surface area contributed by atoms with Gasteiger partial charge in [-0.1, -0.05) is 19.1 Å². The van der Waals surface area contributed by atoms with Crippen LogP contribution in [-0.4, -0.2) is 36.5 Å². The quantitative estimate of drug-likeness (QED) is 0.723. The van der Waals surface area contributed by atoms with Crippen LogP contribution in [0.1, 0.15) is 78.1 Å². The number of hydrogen-bond donors (Lipinski definition) is 1. The average molecular weight is 451 g/mol. The molecule has 0 amide bonds. The Balaban J connectivity index is 1.19. The van der Waals surface area contributed by atoms with Crippen LogP contribution in [0.5, 0.6) is 0 Å². The van der Waals surface area contributed by atoms with Crippen LogP contribution in [0, 0.1) is 40.9 Å². The summed E-state index contributed by atoms with van der Waals surface area (Å²) >= 11 is 0. The molecule has 8 atom stereocenters. The summed E-state index contributed by atoms with van der Waals surface area (Å²) in [7, 11) is 0. The molecule has 0 bridgehead atoms. The Morgan fingerprint density at radius 2 is 1.97 bits per heavy atom. The molecule has 4 saturated carbocycles. The molecule has 2 heterocycles. The first-order chi connectivity index (χ1) is 15.9. The van der Waals surface area contributed by atoms with Crippen molar-refractivity contribution in [1.29, 1.82) is 0 Å². The van der Waals surface area contributed by atoms with E-state index in [0.29, 0.717) is 24.2 Å². The number of hydrogen-bond acceptors (Lipinski definition) is 5. The topological polar surface area (TPSA) is 80.9 Å². The van der Waals surface area contributed by atoms with Gasteiger partial charge in [0.15, 0.2) is 5.78 Å². The molecule has 6 nitrogen and oxygen atoms in total. The molecule has 6 heteroatoms. The van der Waals surface area contributed by atoms with Gasteiger partial charge in [-0.15, -0.1) is 5.10 Å². The Bertz CT molecular complexity index is 1050. The molecule has 4 fully saturated rings. The minimum absolute atomic E-state index is 0.124. The number of nitrogens with zero attached hydrogens (tertiary/aromatic N) is 4. The molecule has 0 aliphatic heterocycles. The first kappa shape index (κ1) is 21.7. The van der Waals surface area contributed by atoms with E-state index in [1.807, 2.05) is 6.07 Å². The maximum absolute atomic E-state index is 13.6. The number of Topliss-reactive ketones (excluding diaryl/α,β-unsaturated/α-hetero) is 1. The number of carbonyl (C=O) groups excluding carboxylic acids is 1. The van der Waals surface area contributed by atoms with Crippen LogP contribution < -0.4 is 0 Å². The molecule has 0 spiro atoms. The van der Waals surface area contributed by atoms with Crippen LogP contribution in [0.25, 0.3) is 11.0 Å². The summed E-state index contributed by atoms with van der Waals surface area (Å²) in [5.74, 6) is 4.22.